The Morgan fingerprint density at radius 3 is 2.19 bits per heavy atom. The second-order valence-electron chi connectivity index (χ2n) is 6.89. The third-order valence-corrected chi connectivity index (χ3v) is 6.19. The summed E-state index contributed by atoms with van der Waals surface area (Å²) < 4.78 is 52.6. The van der Waals surface area contributed by atoms with Crippen molar-refractivity contribution in [3.63, 3.8) is 0 Å². The fourth-order valence-corrected chi connectivity index (χ4v) is 4.38. The van der Waals surface area contributed by atoms with E-state index in [-0.39, 0.29) is 27.8 Å². The molecule has 0 amide bonds. The highest BCUT2D eigenvalue weighted by atomic mass is 32.2. The summed E-state index contributed by atoms with van der Waals surface area (Å²) in [7, 11) is 0.518. The topological polar surface area (TPSA) is 157 Å². The van der Waals surface area contributed by atoms with Crippen LogP contribution in [0.1, 0.15) is 5.56 Å². The first kappa shape index (κ1) is 28.0. The Morgan fingerprint density at radius 2 is 1.72 bits per heavy atom. The summed E-state index contributed by atoms with van der Waals surface area (Å²) in [4.78, 5) is 23.0. The number of carboxylic acid groups (broad SMARTS) is 2. The summed E-state index contributed by atoms with van der Waals surface area (Å²) in [5, 5.41) is 18.6. The maximum atomic E-state index is 14.5. The monoisotopic (exact) mass is 521 g/mol. The minimum absolute atomic E-state index is 0.0560. The third-order valence-electron chi connectivity index (χ3n) is 4.54. The van der Waals surface area contributed by atoms with Crippen LogP contribution < -0.4 is 14.8 Å². The average molecular weight is 522 g/mol. The predicted octanol–water partition coefficient (Wildman–Crippen LogP) is 2.37. The molecule has 2 heterocycles. The molecular formula is C23H24FN3O8S. The molecule has 0 saturated heterocycles. The van der Waals surface area contributed by atoms with Crippen LogP contribution >= 0.6 is 0 Å². The highest BCUT2D eigenvalue weighted by Crippen LogP contribution is 2.38. The Labute approximate surface area is 206 Å². The van der Waals surface area contributed by atoms with Crippen molar-refractivity contribution in [2.75, 3.05) is 21.3 Å². The summed E-state index contributed by atoms with van der Waals surface area (Å²) >= 11 is 0. The maximum absolute atomic E-state index is 14.5. The van der Waals surface area contributed by atoms with Crippen molar-refractivity contribution in [1.82, 2.24) is 14.3 Å². The molecule has 36 heavy (non-hydrogen) atoms. The van der Waals surface area contributed by atoms with Gasteiger partial charge in [-0.25, -0.2) is 31.4 Å². The number of aliphatic carboxylic acids is 2. The number of carbonyl (C=O) groups is 2. The molecule has 0 aliphatic rings. The second-order valence-corrected chi connectivity index (χ2v) is 8.71. The number of nitrogens with zero attached hydrogens (tertiary/aromatic N) is 2. The fourth-order valence-electron chi connectivity index (χ4n) is 3.04. The Hall–Kier alpha value is -4.23. The van der Waals surface area contributed by atoms with E-state index < -0.39 is 27.8 Å². The van der Waals surface area contributed by atoms with E-state index in [4.69, 9.17) is 19.7 Å². The SMILES string of the molecule is CNCc1cn(S(=O)(=O)c2ccc(OC)nc2)c(-c2ccccc2F)c1OC.O=C(O)/C=C/C(=O)O. The summed E-state index contributed by atoms with van der Waals surface area (Å²) in [6.07, 6.45) is 3.74. The lowest BCUT2D eigenvalue weighted by molar-refractivity contribution is -0.134. The molecule has 0 unspecified atom stereocenters. The molecule has 192 valence electrons. The number of rotatable bonds is 9. The molecule has 0 spiro atoms. The molecule has 0 radical (unpaired) electrons. The number of pyridine rings is 1. The van der Waals surface area contributed by atoms with E-state index in [1.807, 2.05) is 0 Å². The Bertz CT molecular complexity index is 1340. The van der Waals surface area contributed by atoms with E-state index in [1.54, 1.807) is 13.1 Å². The van der Waals surface area contributed by atoms with Crippen molar-refractivity contribution in [3.05, 3.63) is 72.3 Å². The normalized spacial score (nSPS) is 11.0. The molecule has 11 nitrogen and oxygen atoms in total. The Balaban J connectivity index is 0.000000493. The van der Waals surface area contributed by atoms with Crippen molar-refractivity contribution in [2.45, 2.75) is 11.4 Å². The van der Waals surface area contributed by atoms with Gasteiger partial charge in [0.15, 0.2) is 0 Å². The number of nitrogens with one attached hydrogen (secondary N) is 1. The molecule has 3 rings (SSSR count). The van der Waals surface area contributed by atoms with Crippen LogP contribution in [-0.2, 0) is 26.2 Å². The van der Waals surface area contributed by atoms with E-state index in [9.17, 15) is 22.4 Å². The van der Waals surface area contributed by atoms with E-state index in [0.717, 1.165) is 3.97 Å². The van der Waals surface area contributed by atoms with E-state index in [1.165, 1.54) is 56.9 Å². The zero-order valence-corrected chi connectivity index (χ0v) is 20.3. The first-order valence-corrected chi connectivity index (χ1v) is 11.6. The van der Waals surface area contributed by atoms with Gasteiger partial charge in [-0.3, -0.25) is 0 Å². The largest absolute Gasteiger partial charge is 0.494 e. The van der Waals surface area contributed by atoms with Gasteiger partial charge in [-0.05, 0) is 25.2 Å². The molecule has 2 aromatic heterocycles. The standard InChI is InChI=1S/C19H20FN3O4S.C4H4O4/c1-21-10-13-12-23(28(24,25)14-8-9-17(26-2)22-11-14)18(19(13)27-3)15-6-4-5-7-16(15)20;5-3(6)1-2-4(7)8/h4-9,11-12,21H,10H2,1-3H3;1-2H,(H,5,6)(H,7,8)/b;2-1+. The zero-order chi connectivity index (χ0) is 26.9. The lowest BCUT2D eigenvalue weighted by Gasteiger charge is -2.13. The summed E-state index contributed by atoms with van der Waals surface area (Å²) in [6, 6.07) is 8.78. The molecule has 0 aliphatic carbocycles. The zero-order valence-electron chi connectivity index (χ0n) is 19.5. The van der Waals surface area contributed by atoms with E-state index >= 15 is 0 Å². The van der Waals surface area contributed by atoms with Crippen LogP contribution in [0.4, 0.5) is 4.39 Å². The van der Waals surface area contributed by atoms with E-state index in [2.05, 4.69) is 10.3 Å². The summed E-state index contributed by atoms with van der Waals surface area (Å²) in [6.45, 7) is 0.341. The van der Waals surface area contributed by atoms with Crippen molar-refractivity contribution in [1.29, 1.82) is 0 Å². The Morgan fingerprint density at radius 1 is 1.08 bits per heavy atom. The van der Waals surface area contributed by atoms with Crippen molar-refractivity contribution < 1.29 is 42.1 Å². The summed E-state index contributed by atoms with van der Waals surface area (Å²) in [5.41, 5.74) is 0.807. The van der Waals surface area contributed by atoms with Crippen molar-refractivity contribution in [2.24, 2.45) is 0 Å². The van der Waals surface area contributed by atoms with Crippen LogP contribution in [0, 0.1) is 5.82 Å². The predicted molar refractivity (Wildman–Crippen MR) is 127 cm³/mol. The molecule has 0 saturated carbocycles. The Kier molecular flexibility index (Phi) is 9.70. The molecule has 0 atom stereocenters. The first-order valence-electron chi connectivity index (χ1n) is 10.1. The minimum atomic E-state index is -4.07. The highest BCUT2D eigenvalue weighted by molar-refractivity contribution is 7.90. The smallest absolute Gasteiger partial charge is 0.328 e. The van der Waals surface area contributed by atoms with Gasteiger partial charge in [0.25, 0.3) is 10.0 Å². The molecule has 0 bridgehead atoms. The van der Waals surface area contributed by atoms with Crippen LogP contribution in [0.25, 0.3) is 11.3 Å². The molecule has 3 N–H and O–H groups in total. The van der Waals surface area contributed by atoms with Gasteiger partial charge in [0, 0.05) is 42.1 Å². The average Bonchev–Trinajstić information content (AvgIpc) is 3.22. The molecule has 3 aromatic rings. The second kappa shape index (κ2) is 12.5. The molecule has 1 aromatic carbocycles. The minimum Gasteiger partial charge on any atom is -0.494 e. The van der Waals surface area contributed by atoms with E-state index in [0.29, 0.717) is 24.3 Å². The van der Waals surface area contributed by atoms with Gasteiger partial charge in [0.05, 0.1) is 20.4 Å². The number of methoxy groups -OCH3 is 2. The van der Waals surface area contributed by atoms with Gasteiger partial charge >= 0.3 is 11.9 Å². The number of hydrogen-bond donors (Lipinski definition) is 3. The number of halogens is 1. The number of aromatic nitrogens is 2. The molecule has 13 heteroatoms. The molecular weight excluding hydrogens is 497 g/mol. The van der Waals surface area contributed by atoms with Gasteiger partial charge in [0.1, 0.15) is 22.2 Å². The number of hydrogen-bond acceptors (Lipinski definition) is 8. The van der Waals surface area contributed by atoms with Crippen LogP contribution in [-0.4, -0.2) is 60.8 Å². The number of benzene rings is 1. The number of ether oxygens (including phenoxy) is 2. The van der Waals surface area contributed by atoms with Gasteiger partial charge < -0.3 is 25.0 Å². The van der Waals surface area contributed by atoms with Crippen molar-refractivity contribution in [3.8, 4) is 22.9 Å². The van der Waals surface area contributed by atoms with Gasteiger partial charge in [-0.1, -0.05) is 12.1 Å². The summed E-state index contributed by atoms with van der Waals surface area (Å²) in [5.74, 6) is -2.50. The maximum Gasteiger partial charge on any atom is 0.328 e. The first-order chi connectivity index (χ1) is 17.1. The van der Waals surface area contributed by atoms with Crippen LogP contribution in [0.5, 0.6) is 11.6 Å². The highest BCUT2D eigenvalue weighted by Gasteiger charge is 2.28. The third kappa shape index (κ3) is 6.67. The van der Waals surface area contributed by atoms with Gasteiger partial charge in [0.2, 0.25) is 5.88 Å². The van der Waals surface area contributed by atoms with Crippen LogP contribution in [0.2, 0.25) is 0 Å². The quantitative estimate of drug-likeness (QED) is 0.357. The van der Waals surface area contributed by atoms with Crippen molar-refractivity contribution >= 4 is 22.0 Å². The fraction of sp³-hybridized carbons (Fsp3) is 0.174. The number of carboxylic acids is 2. The molecule has 0 fully saturated rings. The lowest BCUT2D eigenvalue weighted by atomic mass is 10.1. The van der Waals surface area contributed by atoms with Crippen LogP contribution in [0.3, 0.4) is 0 Å². The lowest BCUT2D eigenvalue weighted by Crippen LogP contribution is -2.14. The van der Waals surface area contributed by atoms with Gasteiger partial charge in [-0.15, -0.1) is 0 Å². The van der Waals surface area contributed by atoms with Gasteiger partial charge in [-0.2, -0.15) is 0 Å². The van der Waals surface area contributed by atoms with Crippen LogP contribution in [0.15, 0.2) is 65.8 Å². The molecule has 0 aliphatic heterocycles.